The van der Waals surface area contributed by atoms with Crippen LogP contribution >= 0.6 is 50.5 Å². The summed E-state index contributed by atoms with van der Waals surface area (Å²) < 4.78 is 6.12. The summed E-state index contributed by atoms with van der Waals surface area (Å²) in [6.07, 6.45) is 0. The quantitative estimate of drug-likeness (QED) is 0.617. The summed E-state index contributed by atoms with van der Waals surface area (Å²) in [4.78, 5) is 12.8. The fourth-order valence-electron chi connectivity index (χ4n) is 1.40. The predicted molar refractivity (Wildman–Crippen MR) is 82.0 cm³/mol. The van der Waals surface area contributed by atoms with Crippen LogP contribution in [0.25, 0.3) is 0 Å². The van der Waals surface area contributed by atoms with Crippen molar-refractivity contribution < 1.29 is 9.53 Å². The number of nitrogen functional groups attached to an aromatic ring is 1. The van der Waals surface area contributed by atoms with Gasteiger partial charge < -0.3 is 10.5 Å². The number of thiophene rings is 1. The minimum Gasteiger partial charge on any atom is -0.456 e. The molecule has 0 unspecified atom stereocenters. The average Bonchev–Trinajstić information content (AvgIpc) is 2.76. The van der Waals surface area contributed by atoms with Crippen LogP contribution in [0.3, 0.4) is 0 Å². The van der Waals surface area contributed by atoms with Crippen molar-refractivity contribution in [2.75, 3.05) is 5.73 Å². The molecule has 0 aliphatic rings. The standard InChI is InChI=1S/C12H8BrCl2NO2S/c13-6-1-8(19-5-6)4-18-12(17)9-2-7(16)3-10(14)11(9)15/h1-3,5H,4,16H2. The Bertz CT molecular complexity index is 630. The molecule has 2 aromatic rings. The summed E-state index contributed by atoms with van der Waals surface area (Å²) in [6.45, 7) is 0.178. The minimum absolute atomic E-state index is 0.147. The Balaban J connectivity index is 2.12. The van der Waals surface area contributed by atoms with Crippen molar-refractivity contribution in [3.8, 4) is 0 Å². The maximum absolute atomic E-state index is 11.9. The third kappa shape index (κ3) is 3.63. The lowest BCUT2D eigenvalue weighted by Crippen LogP contribution is -2.06. The van der Waals surface area contributed by atoms with E-state index < -0.39 is 5.97 Å². The summed E-state index contributed by atoms with van der Waals surface area (Å²) in [5.74, 6) is -0.552. The number of esters is 1. The van der Waals surface area contributed by atoms with Gasteiger partial charge in [0.15, 0.2) is 0 Å². The van der Waals surface area contributed by atoms with Crippen molar-refractivity contribution >= 4 is 62.1 Å². The molecule has 2 N–H and O–H groups in total. The van der Waals surface area contributed by atoms with E-state index in [2.05, 4.69) is 15.9 Å². The monoisotopic (exact) mass is 379 g/mol. The zero-order valence-corrected chi connectivity index (χ0v) is 13.4. The van der Waals surface area contributed by atoms with Crippen LogP contribution in [-0.4, -0.2) is 5.97 Å². The van der Waals surface area contributed by atoms with Crippen LogP contribution in [0.4, 0.5) is 5.69 Å². The van der Waals surface area contributed by atoms with Crippen molar-refractivity contribution in [1.29, 1.82) is 0 Å². The molecule has 0 saturated heterocycles. The Morgan fingerprint density at radius 1 is 1.37 bits per heavy atom. The highest BCUT2D eigenvalue weighted by Crippen LogP contribution is 2.29. The zero-order chi connectivity index (χ0) is 14.0. The molecule has 0 bridgehead atoms. The fourth-order valence-corrected chi connectivity index (χ4v) is 3.18. The lowest BCUT2D eigenvalue weighted by Gasteiger charge is -2.07. The summed E-state index contributed by atoms with van der Waals surface area (Å²) in [6, 6.07) is 4.81. The maximum Gasteiger partial charge on any atom is 0.340 e. The van der Waals surface area contributed by atoms with E-state index in [1.807, 2.05) is 11.4 Å². The molecule has 0 spiro atoms. The number of benzene rings is 1. The molecular formula is C12H8BrCl2NO2S. The van der Waals surface area contributed by atoms with Gasteiger partial charge in [0, 0.05) is 20.4 Å². The summed E-state index contributed by atoms with van der Waals surface area (Å²) in [7, 11) is 0. The van der Waals surface area contributed by atoms with Crippen molar-refractivity contribution in [1.82, 2.24) is 0 Å². The van der Waals surface area contributed by atoms with Gasteiger partial charge in [0.05, 0.1) is 15.6 Å². The maximum atomic E-state index is 11.9. The van der Waals surface area contributed by atoms with Crippen LogP contribution in [0, 0.1) is 0 Å². The molecule has 1 aromatic carbocycles. The SMILES string of the molecule is Nc1cc(Cl)c(Cl)c(C(=O)OCc2cc(Br)cs2)c1. The smallest absolute Gasteiger partial charge is 0.340 e. The molecule has 19 heavy (non-hydrogen) atoms. The summed E-state index contributed by atoms with van der Waals surface area (Å²) >= 11 is 16.6. The Morgan fingerprint density at radius 2 is 2.11 bits per heavy atom. The largest absolute Gasteiger partial charge is 0.456 e. The van der Waals surface area contributed by atoms with E-state index in [9.17, 15) is 4.79 Å². The second-order valence-corrected chi connectivity index (χ2v) is 6.37. The molecule has 2 rings (SSSR count). The number of anilines is 1. The normalized spacial score (nSPS) is 10.5. The van der Waals surface area contributed by atoms with Crippen LogP contribution in [0.15, 0.2) is 28.1 Å². The highest BCUT2D eigenvalue weighted by molar-refractivity contribution is 9.10. The van der Waals surface area contributed by atoms with E-state index in [1.165, 1.54) is 23.5 Å². The van der Waals surface area contributed by atoms with Crippen LogP contribution < -0.4 is 5.73 Å². The Hall–Kier alpha value is -0.750. The van der Waals surface area contributed by atoms with Gasteiger partial charge in [-0.15, -0.1) is 11.3 Å². The lowest BCUT2D eigenvalue weighted by molar-refractivity contribution is 0.0477. The highest BCUT2D eigenvalue weighted by Gasteiger charge is 2.16. The van der Waals surface area contributed by atoms with Gasteiger partial charge in [-0.25, -0.2) is 4.79 Å². The van der Waals surface area contributed by atoms with Gasteiger partial charge in [-0.3, -0.25) is 0 Å². The van der Waals surface area contributed by atoms with Crippen LogP contribution in [0.5, 0.6) is 0 Å². The molecule has 0 aliphatic heterocycles. The first-order chi connectivity index (χ1) is 8.97. The molecule has 0 amide bonds. The van der Waals surface area contributed by atoms with Crippen LogP contribution in [0.2, 0.25) is 10.0 Å². The molecule has 1 heterocycles. The number of carbonyl (C=O) groups is 1. The number of nitrogens with two attached hydrogens (primary N) is 1. The molecule has 0 fully saturated rings. The van der Waals surface area contributed by atoms with E-state index in [4.69, 9.17) is 33.7 Å². The topological polar surface area (TPSA) is 52.3 Å². The second kappa shape index (κ2) is 6.13. The van der Waals surface area contributed by atoms with Crippen LogP contribution in [-0.2, 0) is 11.3 Å². The highest BCUT2D eigenvalue weighted by atomic mass is 79.9. The van der Waals surface area contributed by atoms with Crippen LogP contribution in [0.1, 0.15) is 15.2 Å². The van der Waals surface area contributed by atoms with Crippen molar-refractivity contribution in [2.24, 2.45) is 0 Å². The number of halogens is 3. The third-order valence-corrected chi connectivity index (χ3v) is 4.71. The molecule has 0 atom stereocenters. The summed E-state index contributed by atoms with van der Waals surface area (Å²) in [5, 5.41) is 2.29. The van der Waals surface area contributed by atoms with Crippen molar-refractivity contribution in [3.63, 3.8) is 0 Å². The zero-order valence-electron chi connectivity index (χ0n) is 9.45. The predicted octanol–water partition coefficient (Wildman–Crippen LogP) is 4.76. The Labute approximate surface area is 132 Å². The van der Waals surface area contributed by atoms with E-state index >= 15 is 0 Å². The van der Waals surface area contributed by atoms with Gasteiger partial charge >= 0.3 is 5.97 Å². The molecule has 100 valence electrons. The van der Waals surface area contributed by atoms with Gasteiger partial charge in [-0.2, -0.15) is 0 Å². The van der Waals surface area contributed by atoms with E-state index in [0.717, 1.165) is 9.35 Å². The fraction of sp³-hybridized carbons (Fsp3) is 0.0833. The lowest BCUT2D eigenvalue weighted by atomic mass is 10.2. The van der Waals surface area contributed by atoms with E-state index in [1.54, 1.807) is 0 Å². The molecule has 7 heteroatoms. The first kappa shape index (κ1) is 14.7. The van der Waals surface area contributed by atoms with Gasteiger partial charge in [0.2, 0.25) is 0 Å². The van der Waals surface area contributed by atoms with Gasteiger partial charge in [0.1, 0.15) is 6.61 Å². The second-order valence-electron chi connectivity index (χ2n) is 3.67. The molecule has 0 aliphatic carbocycles. The first-order valence-electron chi connectivity index (χ1n) is 5.12. The van der Waals surface area contributed by atoms with Gasteiger partial charge in [-0.1, -0.05) is 23.2 Å². The van der Waals surface area contributed by atoms with Crippen molar-refractivity contribution in [3.05, 3.63) is 48.5 Å². The number of hydrogen-bond acceptors (Lipinski definition) is 4. The van der Waals surface area contributed by atoms with E-state index in [-0.39, 0.29) is 22.2 Å². The third-order valence-electron chi connectivity index (χ3n) is 2.24. The molecule has 3 nitrogen and oxygen atoms in total. The average molecular weight is 381 g/mol. The number of carbonyl (C=O) groups excluding carboxylic acids is 1. The number of hydrogen-bond donors (Lipinski definition) is 1. The Kier molecular flexibility index (Phi) is 4.73. The van der Waals surface area contributed by atoms with Gasteiger partial charge in [-0.05, 0) is 34.1 Å². The van der Waals surface area contributed by atoms with Crippen molar-refractivity contribution in [2.45, 2.75) is 6.61 Å². The Morgan fingerprint density at radius 3 is 2.74 bits per heavy atom. The first-order valence-corrected chi connectivity index (χ1v) is 7.55. The molecule has 0 radical (unpaired) electrons. The number of ether oxygens (including phenoxy) is 1. The molecular weight excluding hydrogens is 373 g/mol. The molecule has 0 saturated carbocycles. The number of rotatable bonds is 3. The molecule has 1 aromatic heterocycles. The minimum atomic E-state index is -0.552. The summed E-state index contributed by atoms with van der Waals surface area (Å²) in [5.41, 5.74) is 6.15. The van der Waals surface area contributed by atoms with Gasteiger partial charge in [0.25, 0.3) is 0 Å². The van der Waals surface area contributed by atoms with E-state index in [0.29, 0.717) is 5.69 Å².